The molecule has 1 aliphatic carbocycles. The molecule has 28 heavy (non-hydrogen) atoms. The van der Waals surface area contributed by atoms with Gasteiger partial charge in [-0.25, -0.2) is 4.79 Å². The number of carbonyl (C=O) groups excluding carboxylic acids is 1. The van der Waals surface area contributed by atoms with Crippen LogP contribution in [0.1, 0.15) is 36.8 Å². The van der Waals surface area contributed by atoms with E-state index in [1.165, 1.54) is 0 Å². The van der Waals surface area contributed by atoms with Crippen molar-refractivity contribution in [1.82, 2.24) is 5.32 Å². The molecule has 0 aromatic heterocycles. The average molecular weight is 383 g/mol. The number of amides is 1. The van der Waals surface area contributed by atoms with E-state index in [9.17, 15) is 9.59 Å². The van der Waals surface area contributed by atoms with Crippen molar-refractivity contribution in [3.63, 3.8) is 0 Å². The molecule has 6 heteroatoms. The van der Waals surface area contributed by atoms with Gasteiger partial charge in [0, 0.05) is 6.54 Å². The zero-order valence-electron chi connectivity index (χ0n) is 15.9. The first kappa shape index (κ1) is 19.7. The van der Waals surface area contributed by atoms with Crippen LogP contribution in [0, 0.1) is 0 Å². The highest BCUT2D eigenvalue weighted by Crippen LogP contribution is 2.41. The molecule has 0 spiro atoms. The van der Waals surface area contributed by atoms with Gasteiger partial charge in [-0.05, 0) is 48.2 Å². The molecule has 2 N–H and O–H groups in total. The third-order valence-corrected chi connectivity index (χ3v) is 5.25. The van der Waals surface area contributed by atoms with Crippen molar-refractivity contribution in [2.24, 2.45) is 0 Å². The van der Waals surface area contributed by atoms with E-state index < -0.39 is 18.0 Å². The smallest absolute Gasteiger partial charge is 0.341 e. The number of carboxylic acids is 1. The predicted molar refractivity (Wildman–Crippen MR) is 105 cm³/mol. The van der Waals surface area contributed by atoms with Crippen molar-refractivity contribution in [3.8, 4) is 11.5 Å². The van der Waals surface area contributed by atoms with Crippen LogP contribution in [-0.2, 0) is 21.5 Å². The molecule has 0 aliphatic heterocycles. The maximum absolute atomic E-state index is 13.1. The Kier molecular flexibility index (Phi) is 6.19. The standard InChI is InChI=1S/C22H25NO5/c1-27-18-9-7-17(8-10-18)22(11-2-3-12-22)21(26)23-14-16-5-4-6-19(13-16)28-15-20(24)25/h4-10,13H,2-3,11-12,14-15H2,1H3,(H,23,26)(H,24,25). The van der Waals surface area contributed by atoms with Crippen LogP contribution >= 0.6 is 0 Å². The van der Waals surface area contributed by atoms with Crippen LogP contribution in [0.2, 0.25) is 0 Å². The zero-order chi connectivity index (χ0) is 20.0. The van der Waals surface area contributed by atoms with E-state index in [2.05, 4.69) is 5.32 Å². The monoisotopic (exact) mass is 383 g/mol. The minimum absolute atomic E-state index is 0.0204. The van der Waals surface area contributed by atoms with Crippen molar-refractivity contribution in [1.29, 1.82) is 0 Å². The molecule has 0 atom stereocenters. The van der Waals surface area contributed by atoms with Gasteiger partial charge >= 0.3 is 5.97 Å². The molecule has 0 heterocycles. The van der Waals surface area contributed by atoms with Gasteiger partial charge in [-0.1, -0.05) is 37.1 Å². The molecule has 1 aliphatic rings. The Morgan fingerprint density at radius 1 is 1.07 bits per heavy atom. The third-order valence-electron chi connectivity index (χ3n) is 5.25. The van der Waals surface area contributed by atoms with Gasteiger partial charge in [-0.15, -0.1) is 0 Å². The van der Waals surface area contributed by atoms with E-state index in [-0.39, 0.29) is 5.91 Å². The lowest BCUT2D eigenvalue weighted by Crippen LogP contribution is -2.42. The summed E-state index contributed by atoms with van der Waals surface area (Å²) in [6, 6.07) is 14.9. The summed E-state index contributed by atoms with van der Waals surface area (Å²) in [4.78, 5) is 23.8. The topological polar surface area (TPSA) is 84.9 Å². The molecule has 6 nitrogen and oxygen atoms in total. The Morgan fingerprint density at radius 2 is 1.79 bits per heavy atom. The minimum atomic E-state index is -1.03. The van der Waals surface area contributed by atoms with E-state index in [1.54, 1.807) is 25.3 Å². The molecule has 0 unspecified atom stereocenters. The van der Waals surface area contributed by atoms with Gasteiger partial charge in [-0.2, -0.15) is 0 Å². The Hall–Kier alpha value is -3.02. The molecular formula is C22H25NO5. The Balaban J connectivity index is 1.69. The van der Waals surface area contributed by atoms with Crippen LogP contribution in [0.15, 0.2) is 48.5 Å². The zero-order valence-corrected chi connectivity index (χ0v) is 15.9. The second-order valence-electron chi connectivity index (χ2n) is 7.03. The number of methoxy groups -OCH3 is 1. The van der Waals surface area contributed by atoms with Crippen molar-refractivity contribution in [2.75, 3.05) is 13.7 Å². The number of hydrogen-bond donors (Lipinski definition) is 2. The number of hydrogen-bond acceptors (Lipinski definition) is 4. The maximum atomic E-state index is 13.1. The molecular weight excluding hydrogens is 358 g/mol. The van der Waals surface area contributed by atoms with Gasteiger partial charge in [0.1, 0.15) is 11.5 Å². The number of ether oxygens (including phenoxy) is 2. The lowest BCUT2D eigenvalue weighted by molar-refractivity contribution is -0.139. The fourth-order valence-corrected chi connectivity index (χ4v) is 3.78. The molecule has 0 bridgehead atoms. The van der Waals surface area contributed by atoms with Gasteiger partial charge in [-0.3, -0.25) is 4.79 Å². The van der Waals surface area contributed by atoms with E-state index in [0.717, 1.165) is 42.6 Å². The number of rotatable bonds is 8. The van der Waals surface area contributed by atoms with Crippen LogP contribution in [0.25, 0.3) is 0 Å². The van der Waals surface area contributed by atoms with E-state index >= 15 is 0 Å². The first-order valence-corrected chi connectivity index (χ1v) is 9.40. The van der Waals surface area contributed by atoms with Gasteiger partial charge < -0.3 is 19.9 Å². The number of carbonyl (C=O) groups is 2. The molecule has 0 saturated heterocycles. The normalized spacial score (nSPS) is 15.0. The van der Waals surface area contributed by atoms with Crippen LogP contribution in [-0.4, -0.2) is 30.7 Å². The summed E-state index contributed by atoms with van der Waals surface area (Å²) in [6.45, 7) is -0.0304. The van der Waals surface area contributed by atoms with Gasteiger partial charge in [0.05, 0.1) is 12.5 Å². The molecule has 1 amide bonds. The van der Waals surface area contributed by atoms with Gasteiger partial charge in [0.15, 0.2) is 6.61 Å². The van der Waals surface area contributed by atoms with Crippen molar-refractivity contribution in [2.45, 2.75) is 37.6 Å². The Bertz CT molecular complexity index is 825. The van der Waals surface area contributed by atoms with Crippen LogP contribution in [0.5, 0.6) is 11.5 Å². The van der Waals surface area contributed by atoms with Crippen LogP contribution in [0.3, 0.4) is 0 Å². The summed E-state index contributed by atoms with van der Waals surface area (Å²) in [5, 5.41) is 11.8. The average Bonchev–Trinajstić information content (AvgIpc) is 3.22. The predicted octanol–water partition coefficient (Wildman–Crippen LogP) is 3.29. The quantitative estimate of drug-likeness (QED) is 0.731. The second-order valence-corrected chi connectivity index (χ2v) is 7.03. The van der Waals surface area contributed by atoms with E-state index in [0.29, 0.717) is 12.3 Å². The number of aliphatic carboxylic acids is 1. The Morgan fingerprint density at radius 3 is 2.43 bits per heavy atom. The first-order chi connectivity index (χ1) is 13.5. The highest BCUT2D eigenvalue weighted by Gasteiger charge is 2.42. The molecule has 1 fully saturated rings. The lowest BCUT2D eigenvalue weighted by atomic mass is 9.78. The molecule has 2 aromatic carbocycles. The van der Waals surface area contributed by atoms with Crippen LogP contribution < -0.4 is 14.8 Å². The minimum Gasteiger partial charge on any atom is -0.497 e. The molecule has 1 saturated carbocycles. The molecule has 0 radical (unpaired) electrons. The van der Waals surface area contributed by atoms with Gasteiger partial charge in [0.2, 0.25) is 5.91 Å². The maximum Gasteiger partial charge on any atom is 0.341 e. The number of nitrogens with one attached hydrogen (secondary N) is 1. The van der Waals surface area contributed by atoms with E-state index in [4.69, 9.17) is 14.6 Å². The second kappa shape index (κ2) is 8.78. The highest BCUT2D eigenvalue weighted by atomic mass is 16.5. The summed E-state index contributed by atoms with van der Waals surface area (Å²) in [5.41, 5.74) is 1.37. The van der Waals surface area contributed by atoms with Crippen molar-refractivity contribution < 1.29 is 24.2 Å². The summed E-state index contributed by atoms with van der Waals surface area (Å²) in [7, 11) is 1.63. The number of carboxylic acid groups (broad SMARTS) is 1. The van der Waals surface area contributed by atoms with Gasteiger partial charge in [0.25, 0.3) is 0 Å². The fourth-order valence-electron chi connectivity index (χ4n) is 3.78. The highest BCUT2D eigenvalue weighted by molar-refractivity contribution is 5.88. The Labute approximate surface area is 164 Å². The largest absolute Gasteiger partial charge is 0.497 e. The first-order valence-electron chi connectivity index (χ1n) is 9.40. The van der Waals surface area contributed by atoms with Crippen LogP contribution in [0.4, 0.5) is 0 Å². The van der Waals surface area contributed by atoms with Crippen molar-refractivity contribution in [3.05, 3.63) is 59.7 Å². The van der Waals surface area contributed by atoms with E-state index in [1.807, 2.05) is 30.3 Å². The lowest BCUT2D eigenvalue weighted by Gasteiger charge is -2.28. The summed E-state index contributed by atoms with van der Waals surface area (Å²) in [5.74, 6) is 0.240. The molecule has 3 rings (SSSR count). The fraction of sp³-hybridized carbons (Fsp3) is 0.364. The SMILES string of the molecule is COc1ccc(C2(C(=O)NCc3cccc(OCC(=O)O)c3)CCCC2)cc1. The molecule has 2 aromatic rings. The summed E-state index contributed by atoms with van der Waals surface area (Å²) >= 11 is 0. The molecule has 148 valence electrons. The summed E-state index contributed by atoms with van der Waals surface area (Å²) in [6.07, 6.45) is 3.70. The summed E-state index contributed by atoms with van der Waals surface area (Å²) < 4.78 is 10.4. The number of benzene rings is 2. The third kappa shape index (κ3) is 4.44. The van der Waals surface area contributed by atoms with Crippen molar-refractivity contribution >= 4 is 11.9 Å².